The highest BCUT2D eigenvalue weighted by Gasteiger charge is 2.42. The molecule has 3 nitrogen and oxygen atoms in total. The highest BCUT2D eigenvalue weighted by molar-refractivity contribution is 6.42. The van der Waals surface area contributed by atoms with Gasteiger partial charge in [-0.2, -0.15) is 26.3 Å². The van der Waals surface area contributed by atoms with Crippen molar-refractivity contribution in [2.45, 2.75) is 44.1 Å². The molecule has 1 aliphatic heterocycles. The van der Waals surface area contributed by atoms with E-state index < -0.39 is 34.9 Å². The predicted molar refractivity (Wildman–Crippen MR) is 118 cm³/mol. The van der Waals surface area contributed by atoms with E-state index in [4.69, 9.17) is 23.2 Å². The van der Waals surface area contributed by atoms with Crippen molar-refractivity contribution in [3.05, 3.63) is 68.7 Å². The Kier molecular flexibility index (Phi) is 7.79. The predicted octanol–water partition coefficient (Wildman–Crippen LogP) is 6.70. The number of halogens is 8. The van der Waals surface area contributed by atoms with Gasteiger partial charge in [0.05, 0.1) is 21.2 Å². The summed E-state index contributed by atoms with van der Waals surface area (Å²) >= 11 is 12.2. The van der Waals surface area contributed by atoms with Crippen LogP contribution in [-0.4, -0.2) is 30.4 Å². The molecule has 11 heteroatoms. The second kappa shape index (κ2) is 9.95. The van der Waals surface area contributed by atoms with E-state index >= 15 is 0 Å². The molecule has 1 heterocycles. The van der Waals surface area contributed by atoms with E-state index in [1.807, 2.05) is 4.90 Å². The normalized spacial score (nSPS) is 17.0. The third-order valence-corrected chi connectivity index (χ3v) is 6.75. The molecule has 1 amide bonds. The number of carbonyl (C=O) groups is 1. The van der Waals surface area contributed by atoms with Gasteiger partial charge in [-0.3, -0.25) is 9.69 Å². The Balaban J connectivity index is 1.82. The third-order valence-electron chi connectivity index (χ3n) is 6.01. The first kappa shape index (κ1) is 26.6. The summed E-state index contributed by atoms with van der Waals surface area (Å²) in [6.45, 7) is 2.85. The van der Waals surface area contributed by atoms with Crippen LogP contribution >= 0.6 is 23.2 Å². The fourth-order valence-electron chi connectivity index (χ4n) is 4.08. The van der Waals surface area contributed by atoms with Gasteiger partial charge in [0.25, 0.3) is 0 Å². The van der Waals surface area contributed by atoms with Crippen LogP contribution in [0.25, 0.3) is 0 Å². The molecule has 0 aromatic heterocycles. The van der Waals surface area contributed by atoms with Gasteiger partial charge < -0.3 is 5.32 Å². The lowest BCUT2D eigenvalue weighted by Gasteiger charge is -2.38. The van der Waals surface area contributed by atoms with Crippen molar-refractivity contribution in [3.63, 3.8) is 0 Å². The van der Waals surface area contributed by atoms with Gasteiger partial charge in [-0.05, 0) is 80.7 Å². The molecule has 0 spiro atoms. The molecular weight excluding hydrogens is 505 g/mol. The lowest BCUT2D eigenvalue weighted by atomic mass is 9.89. The van der Waals surface area contributed by atoms with E-state index in [0.717, 1.165) is 12.8 Å². The summed E-state index contributed by atoms with van der Waals surface area (Å²) in [4.78, 5) is 15.3. The number of carbonyl (C=O) groups excluding carboxylic acids is 1. The van der Waals surface area contributed by atoms with Gasteiger partial charge in [-0.15, -0.1) is 0 Å². The summed E-state index contributed by atoms with van der Waals surface area (Å²) in [7, 11) is 0. The molecule has 1 fully saturated rings. The smallest absolute Gasteiger partial charge is 0.354 e. The van der Waals surface area contributed by atoms with Crippen LogP contribution in [0.2, 0.25) is 10.0 Å². The summed E-state index contributed by atoms with van der Waals surface area (Å²) < 4.78 is 78.6. The van der Waals surface area contributed by atoms with Crippen molar-refractivity contribution in [1.29, 1.82) is 0 Å². The van der Waals surface area contributed by atoms with Crippen LogP contribution in [0.4, 0.5) is 26.3 Å². The van der Waals surface area contributed by atoms with E-state index in [1.165, 1.54) is 0 Å². The highest BCUT2D eigenvalue weighted by Crippen LogP contribution is 2.37. The minimum Gasteiger partial charge on any atom is -0.354 e. The lowest BCUT2D eigenvalue weighted by molar-refractivity contribution is -0.143. The van der Waals surface area contributed by atoms with Crippen molar-refractivity contribution in [1.82, 2.24) is 10.2 Å². The summed E-state index contributed by atoms with van der Waals surface area (Å²) in [6.07, 6.45) is -8.30. The molecule has 1 unspecified atom stereocenters. The fourth-order valence-corrected chi connectivity index (χ4v) is 4.37. The monoisotopic (exact) mass is 526 g/mol. The first-order valence-electron chi connectivity index (χ1n) is 10.5. The Bertz CT molecular complexity index is 1020. The Hall–Kier alpha value is -1.97. The van der Waals surface area contributed by atoms with Crippen LogP contribution in [0.15, 0.2) is 36.4 Å². The average Bonchev–Trinajstić information content (AvgIpc) is 3.29. The Morgan fingerprint density at radius 1 is 0.882 bits per heavy atom. The van der Waals surface area contributed by atoms with Crippen molar-refractivity contribution >= 4 is 29.1 Å². The molecule has 0 radical (unpaired) electrons. The zero-order valence-corrected chi connectivity index (χ0v) is 19.6. The molecule has 186 valence electrons. The first-order valence-corrected chi connectivity index (χ1v) is 11.3. The van der Waals surface area contributed by atoms with E-state index in [0.29, 0.717) is 35.8 Å². The number of rotatable bonds is 6. The summed E-state index contributed by atoms with van der Waals surface area (Å²) in [5.74, 6) is -0.434. The molecule has 1 saturated heterocycles. The number of likely N-dealkylation sites (tertiary alicyclic amines) is 1. The topological polar surface area (TPSA) is 32.3 Å². The van der Waals surface area contributed by atoms with Crippen LogP contribution in [0.1, 0.15) is 42.0 Å². The van der Waals surface area contributed by atoms with Gasteiger partial charge in [0.1, 0.15) is 5.54 Å². The number of amides is 1. The summed E-state index contributed by atoms with van der Waals surface area (Å²) in [5.41, 5.74) is -3.52. The van der Waals surface area contributed by atoms with E-state index in [-0.39, 0.29) is 29.6 Å². The van der Waals surface area contributed by atoms with Crippen LogP contribution < -0.4 is 5.32 Å². The van der Waals surface area contributed by atoms with Gasteiger partial charge >= 0.3 is 12.4 Å². The number of nitrogens with one attached hydrogen (secondary N) is 1. The maximum absolute atomic E-state index is 13.3. The zero-order chi connectivity index (χ0) is 25.3. The summed E-state index contributed by atoms with van der Waals surface area (Å²) in [6, 6.07) is 6.25. The molecule has 34 heavy (non-hydrogen) atoms. The van der Waals surface area contributed by atoms with E-state index in [2.05, 4.69) is 5.32 Å². The number of hydrogen-bond donors (Lipinski definition) is 1. The Morgan fingerprint density at radius 3 is 1.94 bits per heavy atom. The van der Waals surface area contributed by atoms with Crippen molar-refractivity contribution < 1.29 is 31.1 Å². The first-order chi connectivity index (χ1) is 15.7. The van der Waals surface area contributed by atoms with Gasteiger partial charge in [0.15, 0.2) is 0 Å². The minimum atomic E-state index is -4.93. The van der Waals surface area contributed by atoms with Crippen LogP contribution in [0, 0.1) is 0 Å². The van der Waals surface area contributed by atoms with Crippen LogP contribution in [0.3, 0.4) is 0 Å². The molecule has 1 aliphatic rings. The molecular formula is C23H22Cl2F6N2O. The van der Waals surface area contributed by atoms with Crippen molar-refractivity contribution in [2.24, 2.45) is 0 Å². The van der Waals surface area contributed by atoms with Crippen molar-refractivity contribution in [2.75, 3.05) is 19.6 Å². The maximum Gasteiger partial charge on any atom is 0.416 e. The zero-order valence-electron chi connectivity index (χ0n) is 18.1. The highest BCUT2D eigenvalue weighted by atomic mass is 35.5. The molecule has 0 aliphatic carbocycles. The molecule has 0 bridgehead atoms. The Morgan fingerprint density at radius 2 is 1.44 bits per heavy atom. The second-order valence-electron chi connectivity index (χ2n) is 8.32. The standard InChI is InChI=1S/C23H22Cl2F6N2O/c1-21(33-8-2-3-9-33,15-4-5-18(24)19(25)13-15)20(34)32-7-6-14-10-16(22(26,27)28)12-17(11-14)23(29,30)31/h4-5,10-13H,2-3,6-9H2,1H3,(H,32,34). The molecule has 1 N–H and O–H groups in total. The Labute approximate surface area is 203 Å². The molecule has 0 saturated carbocycles. The molecule has 2 aromatic rings. The number of nitrogens with zero attached hydrogens (tertiary/aromatic N) is 1. The SMILES string of the molecule is CC(C(=O)NCCc1cc(C(F)(F)F)cc(C(F)(F)F)c1)(c1ccc(Cl)c(Cl)c1)N1CCCC1. The van der Waals surface area contributed by atoms with Gasteiger partial charge in [-0.25, -0.2) is 0 Å². The minimum absolute atomic E-state index is 0.0802. The molecule has 2 aromatic carbocycles. The average molecular weight is 527 g/mol. The molecule has 1 atom stereocenters. The van der Waals surface area contributed by atoms with Gasteiger partial charge in [0, 0.05) is 6.54 Å². The van der Waals surface area contributed by atoms with E-state index in [9.17, 15) is 31.1 Å². The number of alkyl halides is 6. The van der Waals surface area contributed by atoms with Gasteiger partial charge in [0.2, 0.25) is 5.91 Å². The second-order valence-corrected chi connectivity index (χ2v) is 9.13. The summed E-state index contributed by atoms with van der Waals surface area (Å²) in [5, 5.41) is 3.26. The number of hydrogen-bond acceptors (Lipinski definition) is 2. The van der Waals surface area contributed by atoms with Crippen molar-refractivity contribution in [3.8, 4) is 0 Å². The lowest BCUT2D eigenvalue weighted by Crippen LogP contribution is -2.53. The van der Waals surface area contributed by atoms with Crippen LogP contribution in [0.5, 0.6) is 0 Å². The fraction of sp³-hybridized carbons (Fsp3) is 0.435. The van der Waals surface area contributed by atoms with E-state index in [1.54, 1.807) is 25.1 Å². The third kappa shape index (κ3) is 5.80. The largest absolute Gasteiger partial charge is 0.416 e. The molecule has 3 rings (SSSR count). The maximum atomic E-state index is 13.3. The van der Waals surface area contributed by atoms with Gasteiger partial charge in [-0.1, -0.05) is 29.3 Å². The quantitative estimate of drug-likeness (QED) is 0.424. The number of benzene rings is 2. The van der Waals surface area contributed by atoms with Crippen LogP contribution in [-0.2, 0) is 29.1 Å².